The fourth-order valence-corrected chi connectivity index (χ4v) is 2.50. The Morgan fingerprint density at radius 1 is 1.36 bits per heavy atom. The van der Waals surface area contributed by atoms with Crippen molar-refractivity contribution in [1.82, 2.24) is 0 Å². The van der Waals surface area contributed by atoms with Gasteiger partial charge in [-0.1, -0.05) is 25.3 Å². The maximum absolute atomic E-state index is 10.5. The SMILES string of the molecule is C=CCC1CCCCC1CCC(=O)O. The van der Waals surface area contributed by atoms with Gasteiger partial charge in [0.1, 0.15) is 0 Å². The van der Waals surface area contributed by atoms with Gasteiger partial charge >= 0.3 is 5.97 Å². The molecule has 0 aromatic carbocycles. The van der Waals surface area contributed by atoms with Gasteiger partial charge in [0.25, 0.3) is 0 Å². The highest BCUT2D eigenvalue weighted by Gasteiger charge is 2.24. The molecule has 0 amide bonds. The number of hydrogen-bond donors (Lipinski definition) is 1. The lowest BCUT2D eigenvalue weighted by Gasteiger charge is -2.30. The zero-order valence-corrected chi connectivity index (χ0v) is 8.74. The second kappa shape index (κ2) is 5.84. The minimum atomic E-state index is -0.659. The molecular weight excluding hydrogens is 176 g/mol. The highest BCUT2D eigenvalue weighted by Crippen LogP contribution is 2.35. The largest absolute Gasteiger partial charge is 0.481 e. The minimum absolute atomic E-state index is 0.332. The molecule has 1 N–H and O–H groups in total. The average Bonchev–Trinajstić information content (AvgIpc) is 2.17. The van der Waals surface area contributed by atoms with E-state index in [0.717, 1.165) is 12.8 Å². The second-order valence-electron chi connectivity index (χ2n) is 4.26. The summed E-state index contributed by atoms with van der Waals surface area (Å²) in [7, 11) is 0. The fourth-order valence-electron chi connectivity index (χ4n) is 2.50. The van der Waals surface area contributed by atoms with E-state index >= 15 is 0 Å². The number of carbonyl (C=O) groups is 1. The molecule has 1 aliphatic carbocycles. The number of carboxylic acid groups (broad SMARTS) is 1. The first-order valence-electron chi connectivity index (χ1n) is 5.56. The lowest BCUT2D eigenvalue weighted by atomic mass is 9.75. The van der Waals surface area contributed by atoms with Crippen LogP contribution in [0.1, 0.15) is 44.9 Å². The summed E-state index contributed by atoms with van der Waals surface area (Å²) in [5, 5.41) is 8.64. The summed E-state index contributed by atoms with van der Waals surface area (Å²) < 4.78 is 0. The summed E-state index contributed by atoms with van der Waals surface area (Å²) in [6, 6.07) is 0. The van der Waals surface area contributed by atoms with Crippen molar-refractivity contribution >= 4 is 5.97 Å². The zero-order chi connectivity index (χ0) is 10.4. The number of aliphatic carboxylic acids is 1. The molecule has 14 heavy (non-hydrogen) atoms. The summed E-state index contributed by atoms with van der Waals surface area (Å²) in [4.78, 5) is 10.5. The Bertz CT molecular complexity index is 198. The number of allylic oxidation sites excluding steroid dienone is 1. The molecule has 1 aliphatic rings. The summed E-state index contributed by atoms with van der Waals surface area (Å²) in [6.45, 7) is 3.77. The van der Waals surface area contributed by atoms with Crippen LogP contribution in [-0.2, 0) is 4.79 Å². The lowest BCUT2D eigenvalue weighted by molar-refractivity contribution is -0.137. The number of carboxylic acids is 1. The van der Waals surface area contributed by atoms with E-state index in [2.05, 4.69) is 6.58 Å². The van der Waals surface area contributed by atoms with E-state index in [4.69, 9.17) is 5.11 Å². The monoisotopic (exact) mass is 196 g/mol. The summed E-state index contributed by atoms with van der Waals surface area (Å²) in [6.07, 6.45) is 9.28. The molecule has 0 heterocycles. The molecule has 1 saturated carbocycles. The minimum Gasteiger partial charge on any atom is -0.481 e. The van der Waals surface area contributed by atoms with Crippen LogP contribution >= 0.6 is 0 Å². The van der Waals surface area contributed by atoms with Crippen molar-refractivity contribution in [3.05, 3.63) is 12.7 Å². The normalized spacial score (nSPS) is 27.1. The Morgan fingerprint density at radius 3 is 2.57 bits per heavy atom. The van der Waals surface area contributed by atoms with Gasteiger partial charge in [-0.15, -0.1) is 6.58 Å². The van der Waals surface area contributed by atoms with Crippen molar-refractivity contribution in [2.45, 2.75) is 44.9 Å². The van der Waals surface area contributed by atoms with Crippen LogP contribution < -0.4 is 0 Å². The molecule has 1 rings (SSSR count). The molecule has 0 bridgehead atoms. The van der Waals surface area contributed by atoms with Crippen LogP contribution in [0.5, 0.6) is 0 Å². The van der Waals surface area contributed by atoms with E-state index in [0.29, 0.717) is 18.3 Å². The number of rotatable bonds is 5. The molecule has 0 aliphatic heterocycles. The van der Waals surface area contributed by atoms with Crippen LogP contribution in [0.4, 0.5) is 0 Å². The standard InChI is InChI=1S/C12H20O2/c1-2-5-10-6-3-4-7-11(10)8-9-12(13)14/h2,10-11H,1,3-9H2,(H,13,14). The third kappa shape index (κ3) is 3.52. The van der Waals surface area contributed by atoms with Crippen LogP contribution in [0.2, 0.25) is 0 Å². The maximum Gasteiger partial charge on any atom is 0.303 e. The topological polar surface area (TPSA) is 37.3 Å². The first-order chi connectivity index (χ1) is 6.74. The van der Waals surface area contributed by atoms with Crippen molar-refractivity contribution in [2.24, 2.45) is 11.8 Å². The van der Waals surface area contributed by atoms with E-state index in [-0.39, 0.29) is 0 Å². The number of hydrogen-bond acceptors (Lipinski definition) is 1. The van der Waals surface area contributed by atoms with Crippen molar-refractivity contribution in [2.75, 3.05) is 0 Å². The van der Waals surface area contributed by atoms with E-state index in [1.54, 1.807) is 0 Å². The Labute approximate surface area is 86.0 Å². The molecule has 0 spiro atoms. The van der Waals surface area contributed by atoms with Gasteiger partial charge in [-0.25, -0.2) is 0 Å². The van der Waals surface area contributed by atoms with E-state index in [1.807, 2.05) is 6.08 Å². The fraction of sp³-hybridized carbons (Fsp3) is 0.750. The van der Waals surface area contributed by atoms with Crippen molar-refractivity contribution in [1.29, 1.82) is 0 Å². The van der Waals surface area contributed by atoms with E-state index < -0.39 is 5.97 Å². The molecule has 2 nitrogen and oxygen atoms in total. The Hall–Kier alpha value is -0.790. The molecule has 80 valence electrons. The van der Waals surface area contributed by atoms with Crippen LogP contribution in [0.15, 0.2) is 12.7 Å². The highest BCUT2D eigenvalue weighted by molar-refractivity contribution is 5.66. The predicted octanol–water partition coefficient (Wildman–Crippen LogP) is 3.23. The Balaban J connectivity index is 2.37. The van der Waals surface area contributed by atoms with Crippen molar-refractivity contribution in [3.8, 4) is 0 Å². The first kappa shape index (κ1) is 11.3. The Kier molecular flexibility index (Phi) is 4.71. The van der Waals surface area contributed by atoms with Gasteiger partial charge in [-0.3, -0.25) is 4.79 Å². The highest BCUT2D eigenvalue weighted by atomic mass is 16.4. The Morgan fingerprint density at radius 2 is 2.00 bits per heavy atom. The van der Waals surface area contributed by atoms with Crippen LogP contribution in [0.3, 0.4) is 0 Å². The van der Waals surface area contributed by atoms with Gasteiger partial charge in [-0.05, 0) is 31.1 Å². The molecule has 0 aromatic heterocycles. The van der Waals surface area contributed by atoms with Gasteiger partial charge in [0.2, 0.25) is 0 Å². The third-order valence-electron chi connectivity index (χ3n) is 3.26. The van der Waals surface area contributed by atoms with Crippen LogP contribution in [0.25, 0.3) is 0 Å². The molecule has 2 heteroatoms. The van der Waals surface area contributed by atoms with E-state index in [9.17, 15) is 4.79 Å². The molecule has 0 saturated heterocycles. The van der Waals surface area contributed by atoms with Crippen LogP contribution in [-0.4, -0.2) is 11.1 Å². The molecule has 0 radical (unpaired) electrons. The molecular formula is C12H20O2. The quantitative estimate of drug-likeness (QED) is 0.685. The maximum atomic E-state index is 10.5. The van der Waals surface area contributed by atoms with Gasteiger partial charge < -0.3 is 5.11 Å². The van der Waals surface area contributed by atoms with Crippen molar-refractivity contribution < 1.29 is 9.90 Å². The lowest BCUT2D eigenvalue weighted by Crippen LogP contribution is -2.19. The first-order valence-corrected chi connectivity index (χ1v) is 5.56. The zero-order valence-electron chi connectivity index (χ0n) is 8.74. The van der Waals surface area contributed by atoms with Gasteiger partial charge in [-0.2, -0.15) is 0 Å². The summed E-state index contributed by atoms with van der Waals surface area (Å²) >= 11 is 0. The smallest absolute Gasteiger partial charge is 0.303 e. The molecule has 0 aromatic rings. The molecule has 2 atom stereocenters. The van der Waals surface area contributed by atoms with Gasteiger partial charge in [0, 0.05) is 6.42 Å². The van der Waals surface area contributed by atoms with Crippen molar-refractivity contribution in [3.63, 3.8) is 0 Å². The predicted molar refractivity (Wildman–Crippen MR) is 57.1 cm³/mol. The second-order valence-corrected chi connectivity index (χ2v) is 4.26. The van der Waals surface area contributed by atoms with Crippen LogP contribution in [0, 0.1) is 11.8 Å². The van der Waals surface area contributed by atoms with Gasteiger partial charge in [0.05, 0.1) is 0 Å². The third-order valence-corrected chi connectivity index (χ3v) is 3.26. The van der Waals surface area contributed by atoms with E-state index in [1.165, 1.54) is 25.7 Å². The summed E-state index contributed by atoms with van der Waals surface area (Å²) in [5.74, 6) is 0.659. The molecule has 1 fully saturated rings. The molecule has 2 unspecified atom stereocenters. The van der Waals surface area contributed by atoms with Gasteiger partial charge in [0.15, 0.2) is 0 Å². The average molecular weight is 196 g/mol. The summed E-state index contributed by atoms with van der Waals surface area (Å²) in [5.41, 5.74) is 0.